The average molecular weight is 436 g/mol. The molecule has 2 heterocycles. The van der Waals surface area contributed by atoms with Crippen LogP contribution in [0.25, 0.3) is 10.9 Å². The van der Waals surface area contributed by atoms with E-state index < -0.39 is 10.0 Å². The quantitative estimate of drug-likeness (QED) is 0.632. The van der Waals surface area contributed by atoms with E-state index in [0.29, 0.717) is 31.1 Å². The minimum atomic E-state index is -3.54. The summed E-state index contributed by atoms with van der Waals surface area (Å²) in [5.74, 6) is 0.00716. The van der Waals surface area contributed by atoms with Gasteiger partial charge >= 0.3 is 0 Å². The Morgan fingerprint density at radius 2 is 1.71 bits per heavy atom. The van der Waals surface area contributed by atoms with E-state index >= 15 is 0 Å². The summed E-state index contributed by atoms with van der Waals surface area (Å²) in [6, 6.07) is 15.2. The van der Waals surface area contributed by atoms with Gasteiger partial charge in [-0.1, -0.05) is 30.3 Å². The van der Waals surface area contributed by atoms with Crippen molar-refractivity contribution < 1.29 is 13.2 Å². The summed E-state index contributed by atoms with van der Waals surface area (Å²) in [6.07, 6.45) is 5.07. The molecule has 2 aromatic carbocycles. The Bertz CT molecular complexity index is 1240. The molecule has 1 aliphatic heterocycles. The molecule has 1 saturated heterocycles. The Morgan fingerprint density at radius 3 is 2.55 bits per heavy atom. The molecule has 0 bridgehead atoms. The summed E-state index contributed by atoms with van der Waals surface area (Å²) in [5.41, 5.74) is 4.16. The molecule has 1 amide bonds. The fourth-order valence-electron chi connectivity index (χ4n) is 4.62. The van der Waals surface area contributed by atoms with Gasteiger partial charge in [-0.3, -0.25) is 9.78 Å². The van der Waals surface area contributed by atoms with E-state index in [9.17, 15) is 13.2 Å². The second kappa shape index (κ2) is 8.05. The molecule has 160 valence electrons. The van der Waals surface area contributed by atoms with Crippen LogP contribution >= 0.6 is 0 Å². The number of para-hydroxylation sites is 1. The summed E-state index contributed by atoms with van der Waals surface area (Å²) in [7, 11) is -3.54. The average Bonchev–Trinajstić information content (AvgIpc) is 3.27. The van der Waals surface area contributed by atoms with E-state index in [1.807, 2.05) is 42.5 Å². The largest absolute Gasteiger partial charge is 0.340 e. The van der Waals surface area contributed by atoms with Gasteiger partial charge in [0.05, 0.1) is 16.8 Å². The Kier molecular flexibility index (Phi) is 5.24. The number of carbonyl (C=O) groups excluding carboxylic acids is 1. The molecule has 0 atom stereocenters. The molecule has 0 unspecified atom stereocenters. The van der Waals surface area contributed by atoms with Crippen molar-refractivity contribution in [1.29, 1.82) is 0 Å². The Morgan fingerprint density at radius 1 is 0.935 bits per heavy atom. The lowest BCUT2D eigenvalue weighted by atomic mass is 10.1. The minimum Gasteiger partial charge on any atom is -0.340 e. The monoisotopic (exact) mass is 435 g/mol. The number of nitrogens with zero attached hydrogens (tertiary/aromatic N) is 3. The summed E-state index contributed by atoms with van der Waals surface area (Å²) in [5, 5.41) is 1.01. The summed E-state index contributed by atoms with van der Waals surface area (Å²) >= 11 is 0. The molecule has 5 rings (SSSR count). The fraction of sp³-hybridized carbons (Fsp3) is 0.333. The molecule has 3 aromatic rings. The lowest BCUT2D eigenvalue weighted by Crippen LogP contribution is -2.50. The highest BCUT2D eigenvalue weighted by atomic mass is 32.2. The van der Waals surface area contributed by atoms with Crippen LogP contribution in [-0.4, -0.2) is 54.7 Å². The van der Waals surface area contributed by atoms with E-state index in [-0.39, 0.29) is 12.3 Å². The van der Waals surface area contributed by atoms with E-state index in [0.717, 1.165) is 41.3 Å². The van der Waals surface area contributed by atoms with Crippen molar-refractivity contribution >= 4 is 26.8 Å². The van der Waals surface area contributed by atoms with E-state index in [1.165, 1.54) is 9.87 Å². The highest BCUT2D eigenvalue weighted by Gasteiger charge is 2.31. The number of carbonyl (C=O) groups is 1. The second-order valence-corrected chi connectivity index (χ2v) is 10.2. The normalized spacial score (nSPS) is 17.1. The molecule has 1 aliphatic carbocycles. The lowest BCUT2D eigenvalue weighted by molar-refractivity contribution is -0.131. The van der Waals surface area contributed by atoms with E-state index in [2.05, 4.69) is 4.98 Å². The van der Waals surface area contributed by atoms with Crippen molar-refractivity contribution in [1.82, 2.24) is 14.2 Å². The number of pyridine rings is 1. The van der Waals surface area contributed by atoms with Crippen LogP contribution in [0.1, 0.15) is 23.1 Å². The highest BCUT2D eigenvalue weighted by Crippen LogP contribution is 2.27. The molecular weight excluding hydrogens is 410 g/mol. The van der Waals surface area contributed by atoms with Crippen LogP contribution in [0, 0.1) is 0 Å². The smallest absolute Gasteiger partial charge is 0.243 e. The van der Waals surface area contributed by atoms with Crippen molar-refractivity contribution in [2.45, 2.75) is 30.6 Å². The summed E-state index contributed by atoms with van der Waals surface area (Å²) in [4.78, 5) is 19.4. The van der Waals surface area contributed by atoms with Gasteiger partial charge < -0.3 is 4.90 Å². The van der Waals surface area contributed by atoms with Crippen LogP contribution in [-0.2, 0) is 34.1 Å². The first-order valence-corrected chi connectivity index (χ1v) is 12.2. The van der Waals surface area contributed by atoms with Gasteiger partial charge in [-0.2, -0.15) is 4.31 Å². The molecule has 7 heteroatoms. The predicted molar refractivity (Wildman–Crippen MR) is 119 cm³/mol. The van der Waals surface area contributed by atoms with Crippen molar-refractivity contribution in [3.63, 3.8) is 0 Å². The van der Waals surface area contributed by atoms with E-state index in [1.54, 1.807) is 17.2 Å². The first-order valence-electron chi connectivity index (χ1n) is 10.7. The first kappa shape index (κ1) is 20.2. The number of amides is 1. The van der Waals surface area contributed by atoms with Crippen molar-refractivity contribution in [3.8, 4) is 0 Å². The van der Waals surface area contributed by atoms with Crippen LogP contribution < -0.4 is 0 Å². The third-order valence-corrected chi connectivity index (χ3v) is 8.25. The lowest BCUT2D eigenvalue weighted by Gasteiger charge is -2.34. The zero-order chi connectivity index (χ0) is 21.4. The number of fused-ring (bicyclic) bond motifs is 2. The zero-order valence-electron chi connectivity index (χ0n) is 17.3. The molecular formula is C24H25N3O3S. The highest BCUT2D eigenvalue weighted by molar-refractivity contribution is 7.89. The fourth-order valence-corrected chi connectivity index (χ4v) is 6.09. The van der Waals surface area contributed by atoms with Crippen LogP contribution in [0.4, 0.5) is 0 Å². The number of benzene rings is 2. The molecule has 6 nitrogen and oxygen atoms in total. The Hall–Kier alpha value is -2.77. The molecule has 31 heavy (non-hydrogen) atoms. The number of hydrogen-bond donors (Lipinski definition) is 0. The number of hydrogen-bond acceptors (Lipinski definition) is 4. The van der Waals surface area contributed by atoms with Gasteiger partial charge in [-0.05, 0) is 54.2 Å². The number of piperazine rings is 1. The van der Waals surface area contributed by atoms with Crippen LogP contribution in [0.5, 0.6) is 0 Å². The molecule has 0 N–H and O–H groups in total. The van der Waals surface area contributed by atoms with Gasteiger partial charge in [0, 0.05) is 37.8 Å². The first-order chi connectivity index (χ1) is 15.0. The Balaban J connectivity index is 1.26. The molecule has 0 spiro atoms. The van der Waals surface area contributed by atoms with Gasteiger partial charge in [0.25, 0.3) is 0 Å². The van der Waals surface area contributed by atoms with Crippen molar-refractivity contribution in [3.05, 3.63) is 71.4 Å². The number of aromatic nitrogens is 1. The standard InChI is InChI=1S/C24H25N3O3S/c28-23(17-21-7-2-5-19-8-3-11-25-24(19)21)26-12-14-27(15-13-26)31(29,30)22-10-9-18-4-1-6-20(18)16-22/h2-3,5,7-11,16H,1,4,6,12-15,17H2. The molecule has 2 aliphatic rings. The third kappa shape index (κ3) is 3.83. The Labute approximate surface area is 182 Å². The van der Waals surface area contributed by atoms with Crippen molar-refractivity contribution in [2.75, 3.05) is 26.2 Å². The number of aryl methyl sites for hydroxylation is 2. The van der Waals surface area contributed by atoms with Crippen LogP contribution in [0.15, 0.2) is 59.6 Å². The SMILES string of the molecule is O=C(Cc1cccc2cccnc12)N1CCN(S(=O)(=O)c2ccc3c(c2)CCC3)CC1. The van der Waals surface area contributed by atoms with Gasteiger partial charge in [-0.25, -0.2) is 8.42 Å². The van der Waals surface area contributed by atoms with Gasteiger partial charge in [-0.15, -0.1) is 0 Å². The zero-order valence-corrected chi connectivity index (χ0v) is 18.1. The van der Waals surface area contributed by atoms with Crippen LogP contribution in [0.2, 0.25) is 0 Å². The maximum Gasteiger partial charge on any atom is 0.243 e. The number of sulfonamides is 1. The molecule has 1 aromatic heterocycles. The van der Waals surface area contributed by atoms with Crippen LogP contribution in [0.3, 0.4) is 0 Å². The number of rotatable bonds is 4. The maximum atomic E-state index is 13.1. The predicted octanol–water partition coefficient (Wildman–Crippen LogP) is 2.80. The maximum absolute atomic E-state index is 13.1. The van der Waals surface area contributed by atoms with Gasteiger partial charge in [0.15, 0.2) is 0 Å². The van der Waals surface area contributed by atoms with Gasteiger partial charge in [0.2, 0.25) is 15.9 Å². The second-order valence-electron chi connectivity index (χ2n) is 8.24. The summed E-state index contributed by atoms with van der Waals surface area (Å²) < 4.78 is 27.7. The molecule has 0 radical (unpaired) electrons. The minimum absolute atomic E-state index is 0.00716. The summed E-state index contributed by atoms with van der Waals surface area (Å²) in [6.45, 7) is 1.44. The topological polar surface area (TPSA) is 70.6 Å². The van der Waals surface area contributed by atoms with E-state index in [4.69, 9.17) is 0 Å². The molecule has 0 saturated carbocycles. The third-order valence-electron chi connectivity index (χ3n) is 6.36. The van der Waals surface area contributed by atoms with Crippen molar-refractivity contribution in [2.24, 2.45) is 0 Å². The van der Waals surface area contributed by atoms with Gasteiger partial charge in [0.1, 0.15) is 0 Å². The molecule has 1 fully saturated rings.